The molecule has 2 rings (SSSR count). The highest BCUT2D eigenvalue weighted by Crippen LogP contribution is 2.30. The molecule has 0 aliphatic heterocycles. The molecule has 0 unspecified atom stereocenters. The number of carbonyl (C=O) groups is 1. The van der Waals surface area contributed by atoms with E-state index in [1.165, 1.54) is 6.07 Å². The highest BCUT2D eigenvalue weighted by atomic mass is 16.6. The largest absolute Gasteiger partial charge is 0.493 e. The van der Waals surface area contributed by atoms with Crippen molar-refractivity contribution in [1.82, 2.24) is 5.16 Å². The summed E-state index contributed by atoms with van der Waals surface area (Å²) in [7, 11) is 3.13. The number of rotatable bonds is 5. The van der Waals surface area contributed by atoms with E-state index in [9.17, 15) is 4.79 Å². The molecule has 0 aliphatic carbocycles. The first-order chi connectivity index (χ1) is 10.0. The molecule has 0 fully saturated rings. The van der Waals surface area contributed by atoms with Crippen LogP contribution < -0.4 is 9.47 Å². The van der Waals surface area contributed by atoms with E-state index in [1.54, 1.807) is 27.2 Å². The van der Waals surface area contributed by atoms with Crippen LogP contribution in [0.2, 0.25) is 0 Å². The van der Waals surface area contributed by atoms with Gasteiger partial charge in [0, 0.05) is 6.07 Å². The number of aryl methyl sites for hydroxylation is 2. The summed E-state index contributed by atoms with van der Waals surface area (Å²) in [6, 6.07) is 5.15. The van der Waals surface area contributed by atoms with Gasteiger partial charge >= 0.3 is 5.97 Å². The molecule has 0 amide bonds. The lowest BCUT2D eigenvalue weighted by Gasteiger charge is -2.12. The summed E-state index contributed by atoms with van der Waals surface area (Å²) >= 11 is 0. The van der Waals surface area contributed by atoms with Gasteiger partial charge in [0.25, 0.3) is 0 Å². The van der Waals surface area contributed by atoms with E-state index in [2.05, 4.69) is 5.16 Å². The van der Waals surface area contributed by atoms with E-state index in [4.69, 9.17) is 18.7 Å². The molecule has 0 N–H and O–H groups in total. The van der Waals surface area contributed by atoms with E-state index in [0.29, 0.717) is 17.2 Å². The van der Waals surface area contributed by atoms with Gasteiger partial charge in [-0.1, -0.05) is 5.16 Å². The summed E-state index contributed by atoms with van der Waals surface area (Å²) in [5, 5.41) is 3.65. The molecule has 0 saturated heterocycles. The van der Waals surface area contributed by atoms with E-state index in [1.807, 2.05) is 13.0 Å². The zero-order valence-corrected chi connectivity index (χ0v) is 12.4. The van der Waals surface area contributed by atoms with Crippen LogP contribution in [0.5, 0.6) is 11.5 Å². The quantitative estimate of drug-likeness (QED) is 0.789. The van der Waals surface area contributed by atoms with Gasteiger partial charge in [0.15, 0.2) is 11.5 Å². The maximum atomic E-state index is 11.8. The molecule has 0 spiro atoms. The van der Waals surface area contributed by atoms with Crippen molar-refractivity contribution in [3.63, 3.8) is 0 Å². The summed E-state index contributed by atoms with van der Waals surface area (Å²) in [5.74, 6) is 0.760. The van der Waals surface area contributed by atoms with Gasteiger partial charge < -0.3 is 18.7 Å². The summed E-state index contributed by atoms with van der Waals surface area (Å²) in [5.41, 5.74) is 2.40. The van der Waals surface area contributed by atoms with Crippen molar-refractivity contribution in [3.05, 3.63) is 40.8 Å². The average Bonchev–Trinajstić information content (AvgIpc) is 2.91. The molecule has 0 bridgehead atoms. The van der Waals surface area contributed by atoms with Crippen molar-refractivity contribution in [2.24, 2.45) is 0 Å². The molecule has 2 aromatic rings. The fourth-order valence-electron chi connectivity index (χ4n) is 1.85. The van der Waals surface area contributed by atoms with Crippen molar-refractivity contribution < 1.29 is 23.5 Å². The first kappa shape index (κ1) is 14.9. The third-order valence-corrected chi connectivity index (χ3v) is 3.03. The maximum Gasteiger partial charge on any atom is 0.377 e. The number of benzene rings is 1. The van der Waals surface area contributed by atoms with Crippen LogP contribution in [0.25, 0.3) is 0 Å². The molecule has 0 aliphatic rings. The molecule has 1 aromatic heterocycles. The van der Waals surface area contributed by atoms with Crippen LogP contribution in [0.15, 0.2) is 22.7 Å². The van der Waals surface area contributed by atoms with Gasteiger partial charge in [0.05, 0.1) is 19.9 Å². The van der Waals surface area contributed by atoms with Crippen LogP contribution in [0, 0.1) is 13.8 Å². The number of ether oxygens (including phenoxy) is 3. The van der Waals surface area contributed by atoms with Crippen LogP contribution in [0.1, 0.15) is 27.4 Å². The van der Waals surface area contributed by atoms with Gasteiger partial charge in [-0.2, -0.15) is 0 Å². The molecule has 1 aromatic carbocycles. The Balaban J connectivity index is 2.11. The number of aromatic nitrogens is 1. The molecule has 6 nitrogen and oxygen atoms in total. The Hall–Kier alpha value is -2.50. The lowest BCUT2D eigenvalue weighted by molar-refractivity contribution is 0.0425. The second-order valence-corrected chi connectivity index (χ2v) is 4.54. The Morgan fingerprint density at radius 1 is 1.14 bits per heavy atom. The van der Waals surface area contributed by atoms with Crippen molar-refractivity contribution in [1.29, 1.82) is 0 Å². The van der Waals surface area contributed by atoms with Crippen molar-refractivity contribution in [2.45, 2.75) is 20.5 Å². The summed E-state index contributed by atoms with van der Waals surface area (Å²) in [6.07, 6.45) is 0. The van der Waals surface area contributed by atoms with E-state index in [0.717, 1.165) is 11.1 Å². The van der Waals surface area contributed by atoms with Crippen molar-refractivity contribution in [2.75, 3.05) is 14.2 Å². The molecule has 6 heteroatoms. The number of esters is 1. The summed E-state index contributed by atoms with van der Waals surface area (Å²) in [6.45, 7) is 3.76. The molecule has 1 heterocycles. The number of hydrogen-bond donors (Lipinski definition) is 0. The Kier molecular flexibility index (Phi) is 4.47. The van der Waals surface area contributed by atoms with Crippen LogP contribution in [0.4, 0.5) is 0 Å². The van der Waals surface area contributed by atoms with Gasteiger partial charge in [-0.15, -0.1) is 0 Å². The zero-order chi connectivity index (χ0) is 15.4. The Morgan fingerprint density at radius 3 is 2.38 bits per heavy atom. The van der Waals surface area contributed by atoms with Gasteiger partial charge in [0.1, 0.15) is 6.61 Å². The number of carbonyl (C=O) groups excluding carboxylic acids is 1. The molecule has 112 valence electrons. The van der Waals surface area contributed by atoms with Crippen LogP contribution >= 0.6 is 0 Å². The fourth-order valence-corrected chi connectivity index (χ4v) is 1.85. The first-order valence-corrected chi connectivity index (χ1v) is 6.37. The van der Waals surface area contributed by atoms with Gasteiger partial charge in [-0.3, -0.25) is 0 Å². The molecular weight excluding hydrogens is 274 g/mol. The number of methoxy groups -OCH3 is 2. The van der Waals surface area contributed by atoms with Crippen molar-refractivity contribution >= 4 is 5.97 Å². The smallest absolute Gasteiger partial charge is 0.377 e. The third kappa shape index (κ3) is 3.34. The SMILES string of the molecule is COc1cc(C)c(COC(=O)c2cc(C)no2)cc1OC. The molecule has 0 atom stereocenters. The average molecular weight is 291 g/mol. The Bertz CT molecular complexity index is 648. The van der Waals surface area contributed by atoms with Crippen LogP contribution in [-0.2, 0) is 11.3 Å². The summed E-state index contributed by atoms with van der Waals surface area (Å²) in [4.78, 5) is 11.8. The first-order valence-electron chi connectivity index (χ1n) is 6.37. The van der Waals surface area contributed by atoms with Crippen LogP contribution in [-0.4, -0.2) is 25.3 Å². The standard InChI is InChI=1S/C15H17NO5/c1-9-5-12(18-3)13(19-4)7-11(9)8-20-15(17)14-6-10(2)16-21-14/h5-7H,8H2,1-4H3. The summed E-state index contributed by atoms with van der Waals surface area (Å²) < 4.78 is 20.5. The lowest BCUT2D eigenvalue weighted by atomic mass is 10.1. The second-order valence-electron chi connectivity index (χ2n) is 4.54. The van der Waals surface area contributed by atoms with E-state index in [-0.39, 0.29) is 12.4 Å². The normalized spacial score (nSPS) is 10.3. The van der Waals surface area contributed by atoms with Gasteiger partial charge in [-0.25, -0.2) is 4.79 Å². The second kappa shape index (κ2) is 6.30. The number of hydrogen-bond acceptors (Lipinski definition) is 6. The van der Waals surface area contributed by atoms with Crippen LogP contribution in [0.3, 0.4) is 0 Å². The molecular formula is C15H17NO5. The predicted octanol–water partition coefficient (Wildman–Crippen LogP) is 2.67. The molecule has 0 saturated carbocycles. The van der Waals surface area contributed by atoms with E-state index >= 15 is 0 Å². The minimum absolute atomic E-state index is 0.0885. The molecule has 21 heavy (non-hydrogen) atoms. The van der Waals surface area contributed by atoms with Gasteiger partial charge in [0.2, 0.25) is 5.76 Å². The zero-order valence-electron chi connectivity index (χ0n) is 12.4. The number of nitrogens with zero attached hydrogens (tertiary/aromatic N) is 1. The topological polar surface area (TPSA) is 70.8 Å². The third-order valence-electron chi connectivity index (χ3n) is 3.03. The highest BCUT2D eigenvalue weighted by molar-refractivity contribution is 5.86. The molecule has 0 radical (unpaired) electrons. The monoisotopic (exact) mass is 291 g/mol. The predicted molar refractivity (Wildman–Crippen MR) is 74.6 cm³/mol. The van der Waals surface area contributed by atoms with Gasteiger partial charge in [-0.05, 0) is 37.1 Å². The minimum atomic E-state index is -0.551. The highest BCUT2D eigenvalue weighted by Gasteiger charge is 2.15. The lowest BCUT2D eigenvalue weighted by Crippen LogP contribution is -2.05. The van der Waals surface area contributed by atoms with E-state index < -0.39 is 5.97 Å². The Labute approximate surface area is 122 Å². The maximum absolute atomic E-state index is 11.8. The van der Waals surface area contributed by atoms with Crippen molar-refractivity contribution in [3.8, 4) is 11.5 Å². The Morgan fingerprint density at radius 2 is 1.81 bits per heavy atom. The minimum Gasteiger partial charge on any atom is -0.493 e. The fraction of sp³-hybridized carbons (Fsp3) is 0.333.